The van der Waals surface area contributed by atoms with E-state index in [1.165, 1.54) is 5.56 Å². The lowest BCUT2D eigenvalue weighted by atomic mass is 9.98. The minimum Gasteiger partial charge on any atom is -0.508 e. The second kappa shape index (κ2) is 5.39. The highest BCUT2D eigenvalue weighted by Crippen LogP contribution is 2.34. The van der Waals surface area contributed by atoms with Gasteiger partial charge in [-0.05, 0) is 32.0 Å². The van der Waals surface area contributed by atoms with Crippen molar-refractivity contribution in [2.75, 3.05) is 39.8 Å². The Bertz CT molecular complexity index is 454. The number of aromatic hydroxyl groups is 1. The molecular formula is C15H22N2O2. The number of rotatable bonds is 2. The summed E-state index contributed by atoms with van der Waals surface area (Å²) in [5.41, 5.74) is 2.28. The first-order valence-electron chi connectivity index (χ1n) is 7.11. The lowest BCUT2D eigenvalue weighted by Crippen LogP contribution is -2.44. The zero-order valence-electron chi connectivity index (χ0n) is 11.6. The zero-order chi connectivity index (χ0) is 13.2. The van der Waals surface area contributed by atoms with Crippen molar-refractivity contribution in [1.29, 1.82) is 0 Å². The molecule has 1 saturated heterocycles. The van der Waals surface area contributed by atoms with Crippen LogP contribution in [0.1, 0.15) is 17.5 Å². The number of fused-ring (bicyclic) bond motifs is 1. The number of nitrogens with zero attached hydrogens (tertiary/aromatic N) is 2. The lowest BCUT2D eigenvalue weighted by Gasteiger charge is -2.33. The minimum absolute atomic E-state index is 0.420. The topological polar surface area (TPSA) is 35.9 Å². The highest BCUT2D eigenvalue weighted by atomic mass is 16.5. The summed E-state index contributed by atoms with van der Waals surface area (Å²) in [5, 5.41) is 10.2. The van der Waals surface area contributed by atoms with Gasteiger partial charge in [0.25, 0.3) is 0 Å². The van der Waals surface area contributed by atoms with Gasteiger partial charge in [0.05, 0.1) is 6.61 Å². The third-order valence-corrected chi connectivity index (χ3v) is 4.17. The van der Waals surface area contributed by atoms with Gasteiger partial charge in [-0.25, -0.2) is 0 Å². The molecule has 0 bridgehead atoms. The van der Waals surface area contributed by atoms with Crippen molar-refractivity contribution < 1.29 is 9.84 Å². The molecule has 0 radical (unpaired) electrons. The summed E-state index contributed by atoms with van der Waals surface area (Å²) in [5.74, 6) is 1.39. The minimum atomic E-state index is 0.420. The van der Waals surface area contributed by atoms with E-state index in [0.29, 0.717) is 5.75 Å². The van der Waals surface area contributed by atoms with Crippen LogP contribution in [0.3, 0.4) is 0 Å². The molecule has 4 nitrogen and oxygen atoms in total. The van der Waals surface area contributed by atoms with E-state index in [-0.39, 0.29) is 0 Å². The first kappa shape index (κ1) is 12.8. The van der Waals surface area contributed by atoms with Gasteiger partial charge in [-0.2, -0.15) is 0 Å². The fourth-order valence-corrected chi connectivity index (χ4v) is 2.91. The van der Waals surface area contributed by atoms with Crippen molar-refractivity contribution in [2.24, 2.45) is 0 Å². The van der Waals surface area contributed by atoms with Crippen LogP contribution in [0.5, 0.6) is 11.5 Å². The van der Waals surface area contributed by atoms with E-state index in [9.17, 15) is 5.11 Å². The molecule has 2 aliphatic rings. The maximum atomic E-state index is 10.2. The number of piperazine rings is 1. The summed E-state index contributed by atoms with van der Waals surface area (Å²) in [6.45, 7) is 5.98. The summed E-state index contributed by atoms with van der Waals surface area (Å²) < 4.78 is 5.69. The van der Waals surface area contributed by atoms with Crippen LogP contribution in [0.25, 0.3) is 0 Å². The van der Waals surface area contributed by atoms with Crippen LogP contribution in [0.4, 0.5) is 0 Å². The maximum Gasteiger partial charge on any atom is 0.123 e. The highest BCUT2D eigenvalue weighted by Gasteiger charge is 2.21. The van der Waals surface area contributed by atoms with Gasteiger partial charge in [0.1, 0.15) is 11.5 Å². The monoisotopic (exact) mass is 262 g/mol. The van der Waals surface area contributed by atoms with Crippen LogP contribution >= 0.6 is 0 Å². The lowest BCUT2D eigenvalue weighted by molar-refractivity contribution is 0.146. The zero-order valence-corrected chi connectivity index (χ0v) is 11.6. The van der Waals surface area contributed by atoms with Gasteiger partial charge in [0.2, 0.25) is 0 Å². The molecule has 0 atom stereocenters. The van der Waals surface area contributed by atoms with Gasteiger partial charge < -0.3 is 14.7 Å². The molecule has 2 aliphatic heterocycles. The number of hydrogen-bond acceptors (Lipinski definition) is 4. The first-order chi connectivity index (χ1) is 9.24. The molecule has 3 rings (SSSR count). The molecule has 1 aromatic carbocycles. The molecule has 0 spiro atoms. The predicted molar refractivity (Wildman–Crippen MR) is 74.7 cm³/mol. The summed E-state index contributed by atoms with van der Waals surface area (Å²) in [6, 6.07) is 3.67. The van der Waals surface area contributed by atoms with E-state index >= 15 is 0 Å². The van der Waals surface area contributed by atoms with Crippen molar-refractivity contribution in [3.63, 3.8) is 0 Å². The molecule has 2 heterocycles. The van der Waals surface area contributed by atoms with Gasteiger partial charge >= 0.3 is 0 Å². The van der Waals surface area contributed by atoms with E-state index in [1.807, 2.05) is 6.07 Å². The van der Waals surface area contributed by atoms with E-state index in [1.54, 1.807) is 6.07 Å². The van der Waals surface area contributed by atoms with Crippen LogP contribution in [-0.2, 0) is 13.0 Å². The third kappa shape index (κ3) is 2.69. The predicted octanol–water partition coefficient (Wildman–Crippen LogP) is 1.46. The molecule has 1 aromatic rings. The number of phenolic OH excluding ortho intramolecular Hbond substituents is 1. The Kier molecular flexibility index (Phi) is 3.62. The summed E-state index contributed by atoms with van der Waals surface area (Å²) >= 11 is 0. The fraction of sp³-hybridized carbons (Fsp3) is 0.600. The Morgan fingerprint density at radius 1 is 1.21 bits per heavy atom. The molecule has 0 unspecified atom stereocenters. The van der Waals surface area contributed by atoms with E-state index in [2.05, 4.69) is 16.8 Å². The van der Waals surface area contributed by atoms with Gasteiger partial charge in [0.15, 0.2) is 0 Å². The molecule has 19 heavy (non-hydrogen) atoms. The molecular weight excluding hydrogens is 240 g/mol. The molecule has 0 aliphatic carbocycles. The smallest absolute Gasteiger partial charge is 0.123 e. The van der Waals surface area contributed by atoms with Crippen LogP contribution in [0, 0.1) is 0 Å². The Morgan fingerprint density at radius 3 is 2.79 bits per heavy atom. The Hall–Kier alpha value is -1.26. The second-order valence-corrected chi connectivity index (χ2v) is 5.57. The van der Waals surface area contributed by atoms with Gasteiger partial charge in [0, 0.05) is 43.9 Å². The standard InChI is InChI=1S/C15H22N2O2/c1-16-6-8-17(9-7-16)11-13-12-3-2-10-19-15(12)5-4-14(13)18/h4-5,18H,2-3,6-11H2,1H3. The summed E-state index contributed by atoms with van der Waals surface area (Å²) in [4.78, 5) is 4.77. The van der Waals surface area contributed by atoms with Gasteiger partial charge in [-0.3, -0.25) is 4.90 Å². The average Bonchev–Trinajstić information content (AvgIpc) is 2.44. The van der Waals surface area contributed by atoms with Crippen molar-refractivity contribution in [3.8, 4) is 11.5 Å². The molecule has 0 amide bonds. The molecule has 0 aromatic heterocycles. The van der Waals surface area contributed by atoms with Crippen molar-refractivity contribution >= 4 is 0 Å². The molecule has 4 heteroatoms. The van der Waals surface area contributed by atoms with Crippen LogP contribution in [-0.4, -0.2) is 54.7 Å². The third-order valence-electron chi connectivity index (χ3n) is 4.17. The van der Waals surface area contributed by atoms with Crippen molar-refractivity contribution in [1.82, 2.24) is 9.80 Å². The number of benzene rings is 1. The van der Waals surface area contributed by atoms with Crippen LogP contribution < -0.4 is 4.74 Å². The average molecular weight is 262 g/mol. The SMILES string of the molecule is CN1CCN(Cc2c(O)ccc3c2CCCO3)CC1. The number of ether oxygens (including phenoxy) is 1. The number of hydrogen-bond donors (Lipinski definition) is 1. The maximum absolute atomic E-state index is 10.2. The number of likely N-dealkylation sites (N-methyl/N-ethyl adjacent to an activating group) is 1. The first-order valence-corrected chi connectivity index (χ1v) is 7.11. The van der Waals surface area contributed by atoms with Crippen molar-refractivity contribution in [2.45, 2.75) is 19.4 Å². The van der Waals surface area contributed by atoms with Gasteiger partial charge in [-0.15, -0.1) is 0 Å². The van der Waals surface area contributed by atoms with Crippen LogP contribution in [0.15, 0.2) is 12.1 Å². The normalized spacial score (nSPS) is 20.9. The Labute approximate surface area is 114 Å². The van der Waals surface area contributed by atoms with E-state index in [0.717, 1.165) is 63.5 Å². The molecule has 1 fully saturated rings. The Balaban J connectivity index is 1.80. The quantitative estimate of drug-likeness (QED) is 0.875. The second-order valence-electron chi connectivity index (χ2n) is 5.57. The van der Waals surface area contributed by atoms with E-state index in [4.69, 9.17) is 4.74 Å². The summed E-state index contributed by atoms with van der Waals surface area (Å²) in [7, 11) is 2.16. The van der Waals surface area contributed by atoms with E-state index < -0.39 is 0 Å². The highest BCUT2D eigenvalue weighted by molar-refractivity contribution is 5.49. The van der Waals surface area contributed by atoms with Crippen LogP contribution in [0.2, 0.25) is 0 Å². The van der Waals surface area contributed by atoms with Gasteiger partial charge in [-0.1, -0.05) is 0 Å². The largest absolute Gasteiger partial charge is 0.508 e. The molecule has 1 N–H and O–H groups in total. The van der Waals surface area contributed by atoms with Crippen molar-refractivity contribution in [3.05, 3.63) is 23.3 Å². The fourth-order valence-electron chi connectivity index (χ4n) is 2.91. The summed E-state index contributed by atoms with van der Waals surface area (Å²) in [6.07, 6.45) is 2.07. The Morgan fingerprint density at radius 2 is 2.00 bits per heavy atom. The number of phenols is 1. The molecule has 104 valence electrons. The molecule has 0 saturated carbocycles.